The molecule has 1 aromatic rings. The maximum Gasteiger partial charge on any atom is 0.171 e. The average Bonchev–Trinajstić information content (AvgIpc) is 2.35. The van der Waals surface area contributed by atoms with Gasteiger partial charge in [-0.2, -0.15) is 5.10 Å². The standard InChI is InChI=1S/C11H11N3O2/c1-2-9-3-5-10(6-4-9)13-14-11(8-15)7-12-16/h2-8,13,16H,1H2/b12-7+,14-11+. The van der Waals surface area contributed by atoms with Crippen LogP contribution in [0.2, 0.25) is 0 Å². The molecule has 0 saturated carbocycles. The number of oxime groups is 1. The molecule has 82 valence electrons. The summed E-state index contributed by atoms with van der Waals surface area (Å²) in [7, 11) is 0. The fraction of sp³-hybridized carbons (Fsp3) is 0. The molecule has 0 heterocycles. The van der Waals surface area contributed by atoms with Crippen LogP contribution >= 0.6 is 0 Å². The third-order valence-electron chi connectivity index (χ3n) is 1.77. The molecule has 0 saturated heterocycles. The van der Waals surface area contributed by atoms with E-state index in [2.05, 4.69) is 22.3 Å². The van der Waals surface area contributed by atoms with Crippen molar-refractivity contribution in [1.29, 1.82) is 0 Å². The van der Waals surface area contributed by atoms with Gasteiger partial charge in [0.05, 0.1) is 11.9 Å². The number of nitrogens with one attached hydrogen (secondary N) is 1. The lowest BCUT2D eigenvalue weighted by Gasteiger charge is -2.00. The topological polar surface area (TPSA) is 74.0 Å². The van der Waals surface area contributed by atoms with E-state index in [1.807, 2.05) is 12.1 Å². The van der Waals surface area contributed by atoms with Crippen molar-refractivity contribution in [2.24, 2.45) is 10.3 Å². The van der Waals surface area contributed by atoms with Crippen molar-refractivity contribution in [3.05, 3.63) is 36.4 Å². The monoisotopic (exact) mass is 217 g/mol. The van der Waals surface area contributed by atoms with Crippen LogP contribution in [-0.4, -0.2) is 23.4 Å². The van der Waals surface area contributed by atoms with Crippen molar-refractivity contribution < 1.29 is 10.0 Å². The van der Waals surface area contributed by atoms with E-state index >= 15 is 0 Å². The maximum absolute atomic E-state index is 10.4. The molecule has 5 nitrogen and oxygen atoms in total. The number of nitrogens with zero attached hydrogens (tertiary/aromatic N) is 2. The third kappa shape index (κ3) is 3.38. The van der Waals surface area contributed by atoms with Crippen molar-refractivity contribution >= 4 is 30.0 Å². The summed E-state index contributed by atoms with van der Waals surface area (Å²) in [6.07, 6.45) is 3.14. The summed E-state index contributed by atoms with van der Waals surface area (Å²) in [5.74, 6) is 0. The second kappa shape index (κ2) is 6.13. The van der Waals surface area contributed by atoms with Crippen molar-refractivity contribution in [3.8, 4) is 0 Å². The largest absolute Gasteiger partial charge is 0.411 e. The van der Waals surface area contributed by atoms with Crippen LogP contribution in [0.5, 0.6) is 0 Å². The summed E-state index contributed by atoms with van der Waals surface area (Å²) in [6, 6.07) is 7.29. The van der Waals surface area contributed by atoms with Gasteiger partial charge in [0.2, 0.25) is 0 Å². The highest BCUT2D eigenvalue weighted by Gasteiger charge is 1.93. The van der Waals surface area contributed by atoms with Crippen molar-refractivity contribution in [2.45, 2.75) is 0 Å². The number of anilines is 1. The summed E-state index contributed by atoms with van der Waals surface area (Å²) in [5, 5.41) is 14.7. The Morgan fingerprint density at radius 1 is 1.38 bits per heavy atom. The van der Waals surface area contributed by atoms with Crippen LogP contribution < -0.4 is 5.43 Å². The minimum atomic E-state index is -0.00435. The molecule has 0 aliphatic carbocycles. The molecule has 0 aromatic heterocycles. The lowest BCUT2D eigenvalue weighted by molar-refractivity contribution is -0.102. The first kappa shape index (κ1) is 11.6. The predicted molar refractivity (Wildman–Crippen MR) is 63.9 cm³/mol. The minimum absolute atomic E-state index is 0.00435. The van der Waals surface area contributed by atoms with E-state index < -0.39 is 0 Å². The zero-order valence-corrected chi connectivity index (χ0v) is 8.50. The summed E-state index contributed by atoms with van der Waals surface area (Å²) in [4.78, 5) is 10.4. The van der Waals surface area contributed by atoms with Gasteiger partial charge in [-0.1, -0.05) is 29.9 Å². The Morgan fingerprint density at radius 2 is 2.06 bits per heavy atom. The summed E-state index contributed by atoms with van der Waals surface area (Å²) in [6.45, 7) is 3.63. The third-order valence-corrected chi connectivity index (χ3v) is 1.77. The van der Waals surface area contributed by atoms with Gasteiger partial charge in [0, 0.05) is 0 Å². The Morgan fingerprint density at radius 3 is 2.56 bits per heavy atom. The first-order valence-corrected chi connectivity index (χ1v) is 4.49. The summed E-state index contributed by atoms with van der Waals surface area (Å²) >= 11 is 0. The molecule has 0 fully saturated rings. The molecule has 0 bridgehead atoms. The fourth-order valence-corrected chi connectivity index (χ4v) is 0.968. The van der Waals surface area contributed by atoms with Crippen LogP contribution in [0.25, 0.3) is 6.08 Å². The SMILES string of the molecule is C=Cc1ccc(N/N=C(C=O)\C=N\O)cc1. The fourth-order valence-electron chi connectivity index (χ4n) is 0.968. The molecule has 5 heteroatoms. The van der Waals surface area contributed by atoms with Crippen molar-refractivity contribution in [2.75, 3.05) is 5.43 Å². The number of rotatable bonds is 5. The normalized spacial score (nSPS) is 11.4. The average molecular weight is 217 g/mol. The molecule has 2 N–H and O–H groups in total. The zero-order valence-electron chi connectivity index (χ0n) is 8.50. The number of carbonyl (C=O) groups excluding carboxylic acids is 1. The molecular weight excluding hydrogens is 206 g/mol. The molecule has 16 heavy (non-hydrogen) atoms. The number of hydrogen-bond acceptors (Lipinski definition) is 5. The van der Waals surface area contributed by atoms with Gasteiger partial charge in [-0.3, -0.25) is 10.2 Å². The maximum atomic E-state index is 10.4. The Labute approximate surface area is 92.8 Å². The van der Waals surface area contributed by atoms with Crippen LogP contribution in [0, 0.1) is 0 Å². The molecule has 1 aromatic carbocycles. The molecule has 0 aliphatic rings. The second-order valence-corrected chi connectivity index (χ2v) is 2.84. The zero-order chi connectivity index (χ0) is 11.8. The number of carbonyl (C=O) groups is 1. The molecular formula is C11H11N3O2. The highest BCUT2D eigenvalue weighted by atomic mass is 16.4. The molecule has 0 radical (unpaired) electrons. The van der Waals surface area contributed by atoms with Crippen LogP contribution in [0.15, 0.2) is 41.1 Å². The molecule has 0 unspecified atom stereocenters. The molecule has 1 rings (SSSR count). The van der Waals surface area contributed by atoms with Crippen LogP contribution in [0.4, 0.5) is 5.69 Å². The van der Waals surface area contributed by atoms with Gasteiger partial charge in [-0.05, 0) is 17.7 Å². The molecule has 0 spiro atoms. The van der Waals surface area contributed by atoms with Gasteiger partial charge in [0.25, 0.3) is 0 Å². The van der Waals surface area contributed by atoms with Crippen molar-refractivity contribution in [1.82, 2.24) is 0 Å². The molecule has 0 atom stereocenters. The van der Waals surface area contributed by atoms with Crippen molar-refractivity contribution in [3.63, 3.8) is 0 Å². The van der Waals surface area contributed by atoms with E-state index in [1.165, 1.54) is 0 Å². The Kier molecular flexibility index (Phi) is 4.46. The van der Waals surface area contributed by atoms with Gasteiger partial charge < -0.3 is 5.21 Å². The first-order valence-electron chi connectivity index (χ1n) is 4.49. The smallest absolute Gasteiger partial charge is 0.171 e. The first-order chi connectivity index (χ1) is 7.80. The van der Waals surface area contributed by atoms with E-state index in [9.17, 15) is 4.79 Å². The Hall–Kier alpha value is -2.43. The van der Waals surface area contributed by atoms with Gasteiger partial charge in [-0.15, -0.1) is 0 Å². The summed E-state index contributed by atoms with van der Waals surface area (Å²) < 4.78 is 0. The van der Waals surface area contributed by atoms with Gasteiger partial charge in [-0.25, -0.2) is 0 Å². The Balaban J connectivity index is 2.72. The van der Waals surface area contributed by atoms with Gasteiger partial charge in [0.15, 0.2) is 6.29 Å². The quantitative estimate of drug-likeness (QED) is 0.341. The number of hydrazone groups is 1. The van der Waals surface area contributed by atoms with Crippen LogP contribution in [0.1, 0.15) is 5.56 Å². The number of hydrogen-bond donors (Lipinski definition) is 2. The minimum Gasteiger partial charge on any atom is -0.411 e. The van der Waals surface area contributed by atoms with Crippen LogP contribution in [0.3, 0.4) is 0 Å². The lowest BCUT2D eigenvalue weighted by atomic mass is 10.2. The Bertz CT molecular complexity index is 421. The lowest BCUT2D eigenvalue weighted by Crippen LogP contribution is -2.05. The van der Waals surface area contributed by atoms with Gasteiger partial charge >= 0.3 is 0 Å². The van der Waals surface area contributed by atoms with E-state index in [0.29, 0.717) is 6.29 Å². The highest BCUT2D eigenvalue weighted by molar-refractivity contribution is 6.54. The van der Waals surface area contributed by atoms with E-state index in [-0.39, 0.29) is 5.71 Å². The van der Waals surface area contributed by atoms with Crippen LogP contribution in [-0.2, 0) is 4.79 Å². The molecule has 0 amide bonds. The van der Waals surface area contributed by atoms with E-state index in [0.717, 1.165) is 17.5 Å². The second-order valence-electron chi connectivity index (χ2n) is 2.84. The summed E-state index contributed by atoms with van der Waals surface area (Å²) in [5.41, 5.74) is 4.35. The van der Waals surface area contributed by atoms with Gasteiger partial charge in [0.1, 0.15) is 5.71 Å². The highest BCUT2D eigenvalue weighted by Crippen LogP contribution is 2.09. The van der Waals surface area contributed by atoms with E-state index in [4.69, 9.17) is 5.21 Å². The predicted octanol–water partition coefficient (Wildman–Crippen LogP) is 1.76. The number of benzene rings is 1. The molecule has 0 aliphatic heterocycles. The van der Waals surface area contributed by atoms with E-state index in [1.54, 1.807) is 18.2 Å². The number of aldehydes is 1.